The fourth-order valence-electron chi connectivity index (χ4n) is 2.13. The minimum atomic E-state index is -0.297. The van der Waals surface area contributed by atoms with Crippen LogP contribution in [0.4, 0.5) is 0 Å². The number of nitriles is 1. The van der Waals surface area contributed by atoms with Crippen LogP contribution in [0.25, 0.3) is 0 Å². The van der Waals surface area contributed by atoms with E-state index in [0.717, 1.165) is 6.54 Å². The van der Waals surface area contributed by atoms with Gasteiger partial charge in [0.05, 0.1) is 30.9 Å². The molecule has 0 aromatic heterocycles. The van der Waals surface area contributed by atoms with E-state index in [2.05, 4.69) is 6.07 Å². The maximum atomic E-state index is 11.4. The van der Waals surface area contributed by atoms with Crippen LogP contribution in [0.3, 0.4) is 0 Å². The molecule has 1 amide bonds. The highest BCUT2D eigenvalue weighted by Gasteiger charge is 2.33. The molecular weight excluding hydrogens is 246 g/mol. The minimum Gasteiger partial charge on any atom is -0.369 e. The molecule has 6 heteroatoms. The third-order valence-corrected chi connectivity index (χ3v) is 2.87. The predicted molar refractivity (Wildman–Crippen MR) is 70.5 cm³/mol. The molecule has 1 fully saturated rings. The van der Waals surface area contributed by atoms with E-state index in [9.17, 15) is 4.79 Å². The van der Waals surface area contributed by atoms with E-state index < -0.39 is 0 Å². The van der Waals surface area contributed by atoms with Gasteiger partial charge in [0.2, 0.25) is 5.91 Å². The first kappa shape index (κ1) is 15.9. The van der Waals surface area contributed by atoms with Crippen molar-refractivity contribution in [2.75, 3.05) is 46.9 Å². The number of hydrogen-bond donors (Lipinski definition) is 0. The van der Waals surface area contributed by atoms with Crippen molar-refractivity contribution in [1.29, 1.82) is 5.26 Å². The molecule has 108 valence electrons. The largest absolute Gasteiger partial charge is 0.369 e. The highest BCUT2D eigenvalue weighted by atomic mass is 16.5. The first-order valence-corrected chi connectivity index (χ1v) is 6.39. The molecule has 19 heavy (non-hydrogen) atoms. The van der Waals surface area contributed by atoms with E-state index in [4.69, 9.17) is 14.7 Å². The molecule has 1 aliphatic heterocycles. The van der Waals surface area contributed by atoms with Gasteiger partial charge in [-0.3, -0.25) is 9.69 Å². The van der Waals surface area contributed by atoms with Crippen molar-refractivity contribution in [3.05, 3.63) is 0 Å². The highest BCUT2D eigenvalue weighted by molar-refractivity contribution is 5.76. The van der Waals surface area contributed by atoms with Crippen molar-refractivity contribution in [1.82, 2.24) is 9.80 Å². The van der Waals surface area contributed by atoms with Gasteiger partial charge in [-0.25, -0.2) is 0 Å². The standard InChI is InChI=1S/C13H23N3O3/c1-13(2)10-16(6-5-14)7-11(19-13)8-18-9-12(17)15(3)4/h11H,6-10H2,1-4H3/t11-/m0/s1. The monoisotopic (exact) mass is 269 g/mol. The molecule has 1 rings (SSSR count). The molecule has 1 atom stereocenters. The van der Waals surface area contributed by atoms with Crippen LogP contribution in [0.1, 0.15) is 13.8 Å². The van der Waals surface area contributed by atoms with Crippen LogP contribution in [0.2, 0.25) is 0 Å². The quantitative estimate of drug-likeness (QED) is 0.662. The molecule has 0 unspecified atom stereocenters. The van der Waals surface area contributed by atoms with Crippen LogP contribution >= 0.6 is 0 Å². The molecule has 0 spiro atoms. The summed E-state index contributed by atoms with van der Waals surface area (Å²) in [6, 6.07) is 2.15. The third-order valence-electron chi connectivity index (χ3n) is 2.87. The van der Waals surface area contributed by atoms with Gasteiger partial charge in [-0.2, -0.15) is 5.26 Å². The summed E-state index contributed by atoms with van der Waals surface area (Å²) >= 11 is 0. The van der Waals surface area contributed by atoms with Gasteiger partial charge in [-0.05, 0) is 13.8 Å². The molecule has 0 radical (unpaired) electrons. The van der Waals surface area contributed by atoms with Crippen LogP contribution in [0, 0.1) is 11.3 Å². The molecule has 0 aromatic carbocycles. The van der Waals surface area contributed by atoms with Gasteiger partial charge < -0.3 is 14.4 Å². The summed E-state index contributed by atoms with van der Waals surface area (Å²) in [5, 5.41) is 8.77. The molecule has 0 saturated carbocycles. The van der Waals surface area contributed by atoms with Crippen LogP contribution in [-0.2, 0) is 14.3 Å². The zero-order valence-electron chi connectivity index (χ0n) is 12.2. The van der Waals surface area contributed by atoms with Gasteiger partial charge in [0.1, 0.15) is 6.61 Å². The fraction of sp³-hybridized carbons (Fsp3) is 0.846. The number of nitrogens with zero attached hydrogens (tertiary/aromatic N) is 3. The Balaban J connectivity index is 2.40. The summed E-state index contributed by atoms with van der Waals surface area (Å²) in [5.74, 6) is -0.0658. The molecule has 0 aromatic rings. The van der Waals surface area contributed by atoms with Crippen LogP contribution in [0.5, 0.6) is 0 Å². The lowest BCUT2D eigenvalue weighted by Crippen LogP contribution is -2.54. The lowest BCUT2D eigenvalue weighted by molar-refractivity contribution is -0.158. The summed E-state index contributed by atoms with van der Waals surface area (Å²) < 4.78 is 11.3. The second kappa shape index (κ2) is 6.85. The highest BCUT2D eigenvalue weighted by Crippen LogP contribution is 2.20. The van der Waals surface area contributed by atoms with Gasteiger partial charge >= 0.3 is 0 Å². The number of carbonyl (C=O) groups is 1. The Morgan fingerprint density at radius 2 is 2.26 bits per heavy atom. The SMILES string of the molecule is CN(C)C(=O)COC[C@@H]1CN(CC#N)CC(C)(C)O1. The number of ether oxygens (including phenoxy) is 2. The second-order valence-corrected chi connectivity index (χ2v) is 5.63. The topological polar surface area (TPSA) is 65.8 Å². The van der Waals surface area contributed by atoms with Gasteiger partial charge in [0.15, 0.2) is 0 Å². The molecule has 0 bridgehead atoms. The maximum absolute atomic E-state index is 11.4. The summed E-state index contributed by atoms with van der Waals surface area (Å²) in [5.41, 5.74) is -0.297. The van der Waals surface area contributed by atoms with Crippen molar-refractivity contribution in [2.24, 2.45) is 0 Å². The smallest absolute Gasteiger partial charge is 0.248 e. The maximum Gasteiger partial charge on any atom is 0.248 e. The summed E-state index contributed by atoms with van der Waals surface area (Å²) in [7, 11) is 3.39. The third kappa shape index (κ3) is 5.55. The van der Waals surface area contributed by atoms with E-state index in [0.29, 0.717) is 19.7 Å². The van der Waals surface area contributed by atoms with Gasteiger partial charge in [-0.15, -0.1) is 0 Å². The Bertz CT molecular complexity index is 350. The number of morpholine rings is 1. The van der Waals surface area contributed by atoms with Crippen LogP contribution in [-0.4, -0.2) is 74.4 Å². The second-order valence-electron chi connectivity index (χ2n) is 5.63. The van der Waals surface area contributed by atoms with Gasteiger partial charge in [0, 0.05) is 27.2 Å². The number of rotatable bonds is 5. The normalized spacial score (nSPS) is 22.8. The van der Waals surface area contributed by atoms with Crippen LogP contribution in [0.15, 0.2) is 0 Å². The predicted octanol–water partition coefficient (Wildman–Crippen LogP) is 0.0942. The van der Waals surface area contributed by atoms with Crippen molar-refractivity contribution in [2.45, 2.75) is 25.6 Å². The van der Waals surface area contributed by atoms with E-state index >= 15 is 0 Å². The van der Waals surface area contributed by atoms with E-state index in [1.165, 1.54) is 4.90 Å². The molecule has 6 nitrogen and oxygen atoms in total. The van der Waals surface area contributed by atoms with Crippen molar-refractivity contribution >= 4 is 5.91 Å². The Morgan fingerprint density at radius 3 is 2.84 bits per heavy atom. The Labute approximate surface area is 114 Å². The molecule has 1 saturated heterocycles. The first-order valence-electron chi connectivity index (χ1n) is 6.39. The number of likely N-dealkylation sites (N-methyl/N-ethyl adjacent to an activating group) is 1. The van der Waals surface area contributed by atoms with Gasteiger partial charge in [0.25, 0.3) is 0 Å². The number of carbonyl (C=O) groups excluding carboxylic acids is 1. The van der Waals surface area contributed by atoms with Crippen LogP contribution < -0.4 is 0 Å². The van der Waals surface area contributed by atoms with E-state index in [1.54, 1.807) is 14.1 Å². The molecule has 1 aliphatic rings. The van der Waals surface area contributed by atoms with E-state index in [-0.39, 0.29) is 24.2 Å². The number of hydrogen-bond acceptors (Lipinski definition) is 5. The van der Waals surface area contributed by atoms with Gasteiger partial charge in [-0.1, -0.05) is 0 Å². The van der Waals surface area contributed by atoms with Crippen molar-refractivity contribution in [3.8, 4) is 6.07 Å². The fourth-order valence-corrected chi connectivity index (χ4v) is 2.13. The molecular formula is C13H23N3O3. The average Bonchev–Trinajstić information content (AvgIpc) is 2.26. The summed E-state index contributed by atoms with van der Waals surface area (Å²) in [6.45, 7) is 6.19. The minimum absolute atomic E-state index is 0.0611. The zero-order chi connectivity index (χ0) is 14.5. The Morgan fingerprint density at radius 1 is 1.58 bits per heavy atom. The Hall–Kier alpha value is -1.16. The summed E-state index contributed by atoms with van der Waals surface area (Å²) in [4.78, 5) is 14.9. The zero-order valence-corrected chi connectivity index (χ0v) is 12.2. The van der Waals surface area contributed by atoms with Crippen molar-refractivity contribution in [3.63, 3.8) is 0 Å². The first-order chi connectivity index (χ1) is 8.84. The molecule has 0 N–H and O–H groups in total. The molecule has 1 heterocycles. The summed E-state index contributed by atoms with van der Waals surface area (Å²) in [6.07, 6.45) is -0.105. The molecule has 0 aliphatic carbocycles. The Kier molecular flexibility index (Phi) is 5.73. The number of amides is 1. The lowest BCUT2D eigenvalue weighted by Gasteiger charge is -2.41. The average molecular weight is 269 g/mol. The lowest BCUT2D eigenvalue weighted by atomic mass is 10.1. The van der Waals surface area contributed by atoms with E-state index in [1.807, 2.05) is 18.7 Å². The van der Waals surface area contributed by atoms with Crippen molar-refractivity contribution < 1.29 is 14.3 Å².